The number of guanidine groups is 2. The van der Waals surface area contributed by atoms with E-state index in [1.165, 1.54) is 0 Å². The molecule has 0 atom stereocenters. The molecule has 2 aromatic carbocycles. The minimum Gasteiger partial charge on any atom is -0.370 e. The Bertz CT molecular complexity index is 842. The smallest absolute Gasteiger partial charge is 0.255 e. The average Bonchev–Trinajstić information content (AvgIpc) is 2.72. The monoisotopic (exact) mass is 395 g/mol. The molecule has 8 nitrogen and oxygen atoms in total. The Kier molecular flexibility index (Phi) is 8.50. The van der Waals surface area contributed by atoms with Crippen LogP contribution in [-0.4, -0.2) is 30.9 Å². The Balaban J connectivity index is 1.92. The second-order valence-electron chi connectivity index (χ2n) is 6.39. The minimum atomic E-state index is -0.200. The van der Waals surface area contributed by atoms with Gasteiger partial charge < -0.3 is 27.4 Å². The number of hydrogen-bond acceptors (Lipinski definition) is 3. The molecule has 0 radical (unpaired) electrons. The predicted octanol–water partition coefficient (Wildman–Crippen LogP) is 3.21. The summed E-state index contributed by atoms with van der Waals surface area (Å²) in [6, 6.07) is 14.3. The first-order valence-electron chi connectivity index (χ1n) is 9.67. The van der Waals surface area contributed by atoms with Crippen LogP contribution in [0.4, 0.5) is 17.1 Å². The van der Waals surface area contributed by atoms with Crippen molar-refractivity contribution in [2.24, 2.45) is 21.5 Å². The van der Waals surface area contributed by atoms with E-state index in [9.17, 15) is 4.79 Å². The van der Waals surface area contributed by atoms with E-state index < -0.39 is 0 Å². The molecule has 0 heterocycles. The molecule has 154 valence electrons. The van der Waals surface area contributed by atoms with Crippen molar-refractivity contribution in [2.75, 3.05) is 29.0 Å². The molecular weight excluding hydrogens is 366 g/mol. The fourth-order valence-electron chi connectivity index (χ4n) is 2.38. The summed E-state index contributed by atoms with van der Waals surface area (Å²) in [5.41, 5.74) is 14.4. The van der Waals surface area contributed by atoms with Gasteiger partial charge in [0.2, 0.25) is 0 Å². The molecule has 0 spiro atoms. The van der Waals surface area contributed by atoms with Crippen molar-refractivity contribution in [3.8, 4) is 0 Å². The zero-order valence-electron chi connectivity index (χ0n) is 16.9. The van der Waals surface area contributed by atoms with Gasteiger partial charge >= 0.3 is 0 Å². The van der Waals surface area contributed by atoms with Crippen LogP contribution in [0.3, 0.4) is 0 Å². The van der Waals surface area contributed by atoms with Crippen molar-refractivity contribution in [1.82, 2.24) is 0 Å². The third-order valence-electron chi connectivity index (χ3n) is 3.85. The Hall–Kier alpha value is -3.55. The Morgan fingerprint density at radius 2 is 1.10 bits per heavy atom. The average molecular weight is 396 g/mol. The van der Waals surface area contributed by atoms with Gasteiger partial charge in [0.15, 0.2) is 11.9 Å². The molecule has 29 heavy (non-hydrogen) atoms. The maximum absolute atomic E-state index is 12.4. The zero-order chi connectivity index (χ0) is 21.1. The summed E-state index contributed by atoms with van der Waals surface area (Å²) in [5.74, 6) is 0.532. The fourth-order valence-corrected chi connectivity index (χ4v) is 2.38. The van der Waals surface area contributed by atoms with Gasteiger partial charge in [-0.15, -0.1) is 0 Å². The summed E-state index contributed by atoms with van der Waals surface area (Å²) >= 11 is 0. The number of carbonyl (C=O) groups excluding carboxylic acids is 1. The molecule has 0 unspecified atom stereocenters. The summed E-state index contributed by atoms with van der Waals surface area (Å²) in [4.78, 5) is 20.8. The summed E-state index contributed by atoms with van der Waals surface area (Å²) in [6.07, 6.45) is 1.86. The molecule has 2 aromatic rings. The predicted molar refractivity (Wildman–Crippen MR) is 122 cm³/mol. The van der Waals surface area contributed by atoms with Gasteiger partial charge in [-0.2, -0.15) is 0 Å². The first-order chi connectivity index (χ1) is 14.0. The van der Waals surface area contributed by atoms with Crippen molar-refractivity contribution < 1.29 is 4.79 Å². The summed E-state index contributed by atoms with van der Waals surface area (Å²) in [7, 11) is 0. The van der Waals surface area contributed by atoms with Gasteiger partial charge in [-0.1, -0.05) is 13.8 Å². The third kappa shape index (κ3) is 7.53. The van der Waals surface area contributed by atoms with Gasteiger partial charge in [-0.05, 0) is 61.4 Å². The standard InChI is InChI=1S/C21H29N7O/c1-3-13-24-20(22)27-17-7-5-15(6-8-17)19(29)26-16-9-11-18(12-10-16)28-21(23)25-14-4-2/h5-12H,3-4,13-14H2,1-2H3,(H,26,29)(H3,22,24,27)(H3,23,25,28). The van der Waals surface area contributed by atoms with E-state index in [-0.39, 0.29) is 5.91 Å². The SMILES string of the molecule is CCCN=C(N)Nc1ccc(NC(=O)c2ccc(NC(N)=NCCC)cc2)cc1. The molecule has 0 saturated heterocycles. The van der Waals surface area contributed by atoms with E-state index in [1.807, 2.05) is 26.0 Å². The van der Waals surface area contributed by atoms with Crippen LogP contribution in [0.2, 0.25) is 0 Å². The quantitative estimate of drug-likeness (QED) is 0.346. The molecule has 0 fully saturated rings. The number of benzene rings is 2. The third-order valence-corrected chi connectivity index (χ3v) is 3.85. The lowest BCUT2D eigenvalue weighted by Gasteiger charge is -2.09. The molecule has 7 N–H and O–H groups in total. The topological polar surface area (TPSA) is 130 Å². The number of anilines is 3. The van der Waals surface area contributed by atoms with Gasteiger partial charge in [0, 0.05) is 35.7 Å². The van der Waals surface area contributed by atoms with E-state index >= 15 is 0 Å². The number of rotatable bonds is 8. The number of nitrogens with zero attached hydrogens (tertiary/aromatic N) is 2. The second kappa shape index (κ2) is 11.3. The maximum Gasteiger partial charge on any atom is 0.255 e. The summed E-state index contributed by atoms with van der Waals surface area (Å²) in [6.45, 7) is 5.42. The van der Waals surface area contributed by atoms with Gasteiger partial charge in [0.1, 0.15) is 0 Å². The molecule has 0 aliphatic carbocycles. The van der Waals surface area contributed by atoms with Crippen LogP contribution in [-0.2, 0) is 0 Å². The largest absolute Gasteiger partial charge is 0.370 e. The second-order valence-corrected chi connectivity index (χ2v) is 6.39. The van der Waals surface area contributed by atoms with Crippen LogP contribution < -0.4 is 27.4 Å². The van der Waals surface area contributed by atoms with Gasteiger partial charge in [0.25, 0.3) is 5.91 Å². The molecule has 8 heteroatoms. The molecule has 0 aliphatic heterocycles. The lowest BCUT2D eigenvalue weighted by atomic mass is 10.2. The highest BCUT2D eigenvalue weighted by Gasteiger charge is 2.07. The van der Waals surface area contributed by atoms with Crippen LogP contribution in [0.5, 0.6) is 0 Å². The van der Waals surface area contributed by atoms with E-state index in [2.05, 4.69) is 25.9 Å². The summed E-state index contributed by atoms with van der Waals surface area (Å²) in [5, 5.41) is 8.87. The van der Waals surface area contributed by atoms with Crippen molar-refractivity contribution in [1.29, 1.82) is 0 Å². The highest BCUT2D eigenvalue weighted by atomic mass is 16.1. The minimum absolute atomic E-state index is 0.200. The van der Waals surface area contributed by atoms with Crippen molar-refractivity contribution >= 4 is 34.9 Å². The molecule has 2 rings (SSSR count). The molecule has 0 aliphatic rings. The lowest BCUT2D eigenvalue weighted by molar-refractivity contribution is 0.102. The number of nitrogens with one attached hydrogen (secondary N) is 3. The molecule has 0 bridgehead atoms. The number of aliphatic imine (C=N–C) groups is 2. The normalized spacial score (nSPS) is 11.8. The zero-order valence-corrected chi connectivity index (χ0v) is 16.9. The first-order valence-corrected chi connectivity index (χ1v) is 9.67. The Morgan fingerprint density at radius 3 is 1.52 bits per heavy atom. The van der Waals surface area contributed by atoms with Crippen LogP contribution in [0.25, 0.3) is 0 Å². The lowest BCUT2D eigenvalue weighted by Crippen LogP contribution is -2.23. The van der Waals surface area contributed by atoms with E-state index in [1.54, 1.807) is 36.4 Å². The molecular formula is C21H29N7O. The highest BCUT2D eigenvalue weighted by Crippen LogP contribution is 2.16. The van der Waals surface area contributed by atoms with Crippen LogP contribution >= 0.6 is 0 Å². The maximum atomic E-state index is 12.4. The van der Waals surface area contributed by atoms with Crippen LogP contribution in [0.1, 0.15) is 37.0 Å². The number of carbonyl (C=O) groups is 1. The fraction of sp³-hybridized carbons (Fsp3) is 0.286. The van der Waals surface area contributed by atoms with E-state index in [0.29, 0.717) is 36.3 Å². The molecule has 0 saturated carbocycles. The van der Waals surface area contributed by atoms with E-state index in [4.69, 9.17) is 11.5 Å². The first kappa shape index (κ1) is 21.7. The van der Waals surface area contributed by atoms with Gasteiger partial charge in [-0.3, -0.25) is 14.8 Å². The molecule has 1 amide bonds. The van der Waals surface area contributed by atoms with Gasteiger partial charge in [-0.25, -0.2) is 0 Å². The molecule has 0 aromatic heterocycles. The van der Waals surface area contributed by atoms with E-state index in [0.717, 1.165) is 24.2 Å². The Morgan fingerprint density at radius 1 is 0.724 bits per heavy atom. The highest BCUT2D eigenvalue weighted by molar-refractivity contribution is 6.05. The number of nitrogens with two attached hydrogens (primary N) is 2. The van der Waals surface area contributed by atoms with Crippen molar-refractivity contribution in [2.45, 2.75) is 26.7 Å². The number of hydrogen-bond donors (Lipinski definition) is 5. The Labute approximate surface area is 171 Å². The van der Waals surface area contributed by atoms with Crippen LogP contribution in [0.15, 0.2) is 58.5 Å². The summed E-state index contributed by atoms with van der Waals surface area (Å²) < 4.78 is 0. The van der Waals surface area contributed by atoms with Gasteiger partial charge in [0.05, 0.1) is 0 Å². The number of amides is 1. The van der Waals surface area contributed by atoms with Crippen LogP contribution in [0, 0.1) is 0 Å². The van der Waals surface area contributed by atoms with Crippen molar-refractivity contribution in [3.05, 3.63) is 54.1 Å². The van der Waals surface area contributed by atoms with Crippen molar-refractivity contribution in [3.63, 3.8) is 0 Å².